The summed E-state index contributed by atoms with van der Waals surface area (Å²) >= 11 is 0. The maximum atomic E-state index is 12.7. The molecule has 0 aliphatic heterocycles. The molecule has 2 rings (SSSR count). The number of aromatic nitrogens is 2. The van der Waals surface area contributed by atoms with E-state index in [0.717, 1.165) is 23.4 Å². The Bertz CT molecular complexity index is 391. The number of rotatable bonds is 2. The van der Waals surface area contributed by atoms with Crippen LogP contribution in [0.25, 0.3) is 0 Å². The van der Waals surface area contributed by atoms with Gasteiger partial charge in [0.15, 0.2) is 0 Å². The van der Waals surface area contributed by atoms with Gasteiger partial charge >= 0.3 is 0 Å². The summed E-state index contributed by atoms with van der Waals surface area (Å²) in [6, 6.07) is 6.47. The van der Waals surface area contributed by atoms with Crippen LogP contribution in [0.1, 0.15) is 17.0 Å². The summed E-state index contributed by atoms with van der Waals surface area (Å²) in [6.07, 6.45) is 4.33. The fraction of sp³-hybridized carbons (Fsp3) is 0.167. The van der Waals surface area contributed by atoms with Gasteiger partial charge < -0.3 is 0 Å². The summed E-state index contributed by atoms with van der Waals surface area (Å²) in [5, 5.41) is 0. The van der Waals surface area contributed by atoms with Crippen LogP contribution in [-0.2, 0) is 6.42 Å². The first kappa shape index (κ1) is 9.77. The zero-order chi connectivity index (χ0) is 10.7. The fourth-order valence-electron chi connectivity index (χ4n) is 1.35. The first-order valence-electron chi connectivity index (χ1n) is 4.76. The lowest BCUT2D eigenvalue weighted by Gasteiger charge is -2.01. The topological polar surface area (TPSA) is 25.8 Å². The maximum absolute atomic E-state index is 12.7. The van der Waals surface area contributed by atoms with Crippen LogP contribution in [-0.4, -0.2) is 9.97 Å². The molecule has 0 radical (unpaired) electrons. The molecular formula is C12H11FN2. The zero-order valence-electron chi connectivity index (χ0n) is 8.44. The molecule has 76 valence electrons. The first-order chi connectivity index (χ1) is 7.24. The Balaban J connectivity index is 2.15. The van der Waals surface area contributed by atoms with Crippen LogP contribution in [0.3, 0.4) is 0 Å². The van der Waals surface area contributed by atoms with Crippen molar-refractivity contribution in [2.24, 2.45) is 0 Å². The van der Waals surface area contributed by atoms with Crippen molar-refractivity contribution in [3.05, 3.63) is 59.4 Å². The van der Waals surface area contributed by atoms with Gasteiger partial charge in [-0.3, -0.25) is 0 Å². The number of halogens is 1. The van der Waals surface area contributed by atoms with E-state index >= 15 is 0 Å². The summed E-state index contributed by atoms with van der Waals surface area (Å²) in [6.45, 7) is 1.85. The predicted molar refractivity (Wildman–Crippen MR) is 56.0 cm³/mol. The highest BCUT2D eigenvalue weighted by Gasteiger charge is 1.97. The fourth-order valence-corrected chi connectivity index (χ4v) is 1.35. The highest BCUT2D eigenvalue weighted by Crippen LogP contribution is 2.08. The SMILES string of the molecule is Cc1ncc(Cc2ccc(F)cc2)cn1. The average molecular weight is 202 g/mol. The van der Waals surface area contributed by atoms with E-state index in [0.29, 0.717) is 0 Å². The highest BCUT2D eigenvalue weighted by molar-refractivity contribution is 5.23. The Kier molecular flexibility index (Phi) is 2.72. The second-order valence-electron chi connectivity index (χ2n) is 3.44. The summed E-state index contributed by atoms with van der Waals surface area (Å²) in [7, 11) is 0. The van der Waals surface area contributed by atoms with Gasteiger partial charge in [0.1, 0.15) is 11.6 Å². The average Bonchev–Trinajstić information content (AvgIpc) is 2.25. The summed E-state index contributed by atoms with van der Waals surface area (Å²) in [4.78, 5) is 8.22. The van der Waals surface area contributed by atoms with Gasteiger partial charge in [-0.25, -0.2) is 14.4 Å². The number of benzene rings is 1. The molecule has 0 saturated carbocycles. The van der Waals surface area contributed by atoms with Crippen LogP contribution in [0.4, 0.5) is 4.39 Å². The molecule has 3 heteroatoms. The Hall–Kier alpha value is -1.77. The molecule has 0 aliphatic carbocycles. The van der Waals surface area contributed by atoms with Crippen molar-refractivity contribution in [1.29, 1.82) is 0 Å². The minimum Gasteiger partial charge on any atom is -0.241 e. The van der Waals surface area contributed by atoms with Gasteiger partial charge in [0.05, 0.1) is 0 Å². The predicted octanol–water partition coefficient (Wildman–Crippen LogP) is 2.51. The zero-order valence-corrected chi connectivity index (χ0v) is 8.44. The van der Waals surface area contributed by atoms with Gasteiger partial charge in [0.25, 0.3) is 0 Å². The molecule has 0 amide bonds. The lowest BCUT2D eigenvalue weighted by molar-refractivity contribution is 0.627. The molecule has 0 spiro atoms. The summed E-state index contributed by atoms with van der Waals surface area (Å²) < 4.78 is 12.7. The monoisotopic (exact) mass is 202 g/mol. The molecule has 0 unspecified atom stereocenters. The number of hydrogen-bond donors (Lipinski definition) is 0. The van der Waals surface area contributed by atoms with Crippen LogP contribution < -0.4 is 0 Å². The van der Waals surface area contributed by atoms with Crippen molar-refractivity contribution in [3.8, 4) is 0 Å². The van der Waals surface area contributed by atoms with Gasteiger partial charge in [0, 0.05) is 18.8 Å². The van der Waals surface area contributed by atoms with E-state index in [1.54, 1.807) is 24.5 Å². The quantitative estimate of drug-likeness (QED) is 0.747. The molecule has 0 atom stereocenters. The van der Waals surface area contributed by atoms with E-state index < -0.39 is 0 Å². The van der Waals surface area contributed by atoms with Crippen LogP contribution in [0.15, 0.2) is 36.7 Å². The molecule has 0 N–H and O–H groups in total. The molecule has 2 aromatic rings. The van der Waals surface area contributed by atoms with Crippen molar-refractivity contribution >= 4 is 0 Å². The van der Waals surface area contributed by atoms with E-state index in [9.17, 15) is 4.39 Å². The minimum atomic E-state index is -0.209. The summed E-state index contributed by atoms with van der Waals surface area (Å²) in [5.41, 5.74) is 2.09. The van der Waals surface area contributed by atoms with Crippen molar-refractivity contribution in [1.82, 2.24) is 9.97 Å². The van der Waals surface area contributed by atoms with E-state index in [2.05, 4.69) is 9.97 Å². The standard InChI is InChI=1S/C12H11FN2/c1-9-14-7-11(8-15-9)6-10-2-4-12(13)5-3-10/h2-5,7-8H,6H2,1H3. The lowest BCUT2D eigenvalue weighted by atomic mass is 10.1. The van der Waals surface area contributed by atoms with Crippen molar-refractivity contribution < 1.29 is 4.39 Å². The molecular weight excluding hydrogens is 191 g/mol. The summed E-state index contributed by atoms with van der Waals surface area (Å²) in [5.74, 6) is 0.553. The lowest BCUT2D eigenvalue weighted by Crippen LogP contribution is -1.93. The molecule has 0 aliphatic rings. The van der Waals surface area contributed by atoms with Gasteiger partial charge in [-0.05, 0) is 30.2 Å². The van der Waals surface area contributed by atoms with Gasteiger partial charge in [-0.1, -0.05) is 12.1 Å². The third-order valence-electron chi connectivity index (χ3n) is 2.16. The van der Waals surface area contributed by atoms with Crippen LogP contribution in [0.5, 0.6) is 0 Å². The Labute approximate surface area is 87.8 Å². The van der Waals surface area contributed by atoms with Crippen molar-refractivity contribution in [2.75, 3.05) is 0 Å². The van der Waals surface area contributed by atoms with Crippen LogP contribution >= 0.6 is 0 Å². The van der Waals surface area contributed by atoms with Crippen LogP contribution in [0, 0.1) is 12.7 Å². The number of aryl methyl sites for hydroxylation is 1. The molecule has 0 fully saturated rings. The van der Waals surface area contributed by atoms with Crippen molar-refractivity contribution in [3.63, 3.8) is 0 Å². The Morgan fingerprint density at radius 1 is 1.00 bits per heavy atom. The van der Waals surface area contributed by atoms with Gasteiger partial charge in [-0.2, -0.15) is 0 Å². The number of hydrogen-bond acceptors (Lipinski definition) is 2. The first-order valence-corrected chi connectivity index (χ1v) is 4.76. The maximum Gasteiger partial charge on any atom is 0.125 e. The molecule has 0 bridgehead atoms. The molecule has 0 saturated heterocycles. The Morgan fingerprint density at radius 3 is 2.20 bits per heavy atom. The number of nitrogens with zero attached hydrogens (tertiary/aromatic N) is 2. The normalized spacial score (nSPS) is 10.3. The molecule has 2 nitrogen and oxygen atoms in total. The van der Waals surface area contributed by atoms with E-state index in [1.807, 2.05) is 6.92 Å². The van der Waals surface area contributed by atoms with Gasteiger partial charge in [0.2, 0.25) is 0 Å². The minimum absolute atomic E-state index is 0.209. The van der Waals surface area contributed by atoms with Crippen LogP contribution in [0.2, 0.25) is 0 Å². The van der Waals surface area contributed by atoms with Crippen molar-refractivity contribution in [2.45, 2.75) is 13.3 Å². The highest BCUT2D eigenvalue weighted by atomic mass is 19.1. The second kappa shape index (κ2) is 4.17. The smallest absolute Gasteiger partial charge is 0.125 e. The third-order valence-corrected chi connectivity index (χ3v) is 2.16. The molecule has 1 heterocycles. The van der Waals surface area contributed by atoms with E-state index in [4.69, 9.17) is 0 Å². The second-order valence-corrected chi connectivity index (χ2v) is 3.44. The third kappa shape index (κ3) is 2.59. The largest absolute Gasteiger partial charge is 0.241 e. The molecule has 1 aromatic heterocycles. The van der Waals surface area contributed by atoms with E-state index in [-0.39, 0.29) is 5.82 Å². The van der Waals surface area contributed by atoms with E-state index in [1.165, 1.54) is 12.1 Å². The Morgan fingerprint density at radius 2 is 1.60 bits per heavy atom. The molecule has 15 heavy (non-hydrogen) atoms. The molecule has 1 aromatic carbocycles. The van der Waals surface area contributed by atoms with Gasteiger partial charge in [-0.15, -0.1) is 0 Å².